The molecule has 31 heavy (non-hydrogen) atoms. The van der Waals surface area contributed by atoms with E-state index in [1.54, 1.807) is 0 Å². The zero-order valence-corrected chi connectivity index (χ0v) is 18.1. The Balaban J connectivity index is 1.85. The molecule has 9 heteroatoms. The zero-order chi connectivity index (χ0) is 23.0. The monoisotopic (exact) mass is 444 g/mol. The second-order valence-electron chi connectivity index (χ2n) is 9.36. The lowest BCUT2D eigenvalue weighted by molar-refractivity contribution is -0.194. The Kier molecular flexibility index (Phi) is 6.88. The number of aliphatic hydroxyl groups excluding tert-OH is 2. The van der Waals surface area contributed by atoms with Gasteiger partial charge in [0.25, 0.3) is 0 Å². The van der Waals surface area contributed by atoms with E-state index in [1.165, 1.54) is 6.07 Å². The molecule has 0 spiro atoms. The molecule has 0 radical (unpaired) electrons. The molecular weight excluding hydrogens is 413 g/mol. The summed E-state index contributed by atoms with van der Waals surface area (Å²) in [6, 6.07) is 3.59. The van der Waals surface area contributed by atoms with Crippen LogP contribution in [0, 0.1) is 11.8 Å². The molecular formula is C22H31F3N2O4. The number of nitrogens with zero attached hydrogens (tertiary/aromatic N) is 1. The minimum Gasteiger partial charge on any atom is -0.396 e. The molecule has 0 bridgehead atoms. The van der Waals surface area contributed by atoms with E-state index in [0.29, 0.717) is 37.2 Å². The Bertz CT molecular complexity index is 786. The van der Waals surface area contributed by atoms with Crippen molar-refractivity contribution in [1.29, 1.82) is 0 Å². The number of piperidine rings is 1. The number of benzene rings is 1. The Morgan fingerprint density at radius 2 is 1.87 bits per heavy atom. The third-order valence-corrected chi connectivity index (χ3v) is 6.03. The average Bonchev–Trinajstić information content (AvgIpc) is 3.06. The molecule has 2 heterocycles. The molecule has 3 atom stereocenters. The molecule has 2 aliphatic rings. The molecule has 2 fully saturated rings. The van der Waals surface area contributed by atoms with Gasteiger partial charge in [-0.25, -0.2) is 0 Å². The maximum atomic E-state index is 13.4. The molecule has 1 amide bonds. The van der Waals surface area contributed by atoms with Crippen LogP contribution in [0.2, 0.25) is 0 Å². The second-order valence-corrected chi connectivity index (χ2v) is 9.36. The van der Waals surface area contributed by atoms with E-state index in [4.69, 9.17) is 4.74 Å². The number of alkyl halides is 3. The van der Waals surface area contributed by atoms with Gasteiger partial charge >= 0.3 is 6.18 Å². The maximum absolute atomic E-state index is 13.4. The zero-order valence-electron chi connectivity index (χ0n) is 18.1. The van der Waals surface area contributed by atoms with E-state index < -0.39 is 35.5 Å². The number of hydrogen-bond donors (Lipinski definition) is 3. The first-order valence-corrected chi connectivity index (χ1v) is 10.6. The Labute approximate surface area is 180 Å². The van der Waals surface area contributed by atoms with Crippen molar-refractivity contribution in [3.8, 4) is 0 Å². The summed E-state index contributed by atoms with van der Waals surface area (Å²) < 4.78 is 45.8. The number of nitrogens with one attached hydrogen (secondary N) is 1. The van der Waals surface area contributed by atoms with Gasteiger partial charge in [-0.2, -0.15) is 13.2 Å². The first-order chi connectivity index (χ1) is 14.4. The van der Waals surface area contributed by atoms with Gasteiger partial charge in [-0.15, -0.1) is 0 Å². The average molecular weight is 444 g/mol. The van der Waals surface area contributed by atoms with Gasteiger partial charge in [-0.05, 0) is 51.3 Å². The predicted molar refractivity (Wildman–Crippen MR) is 110 cm³/mol. The Morgan fingerprint density at radius 3 is 2.42 bits per heavy atom. The highest BCUT2D eigenvalue weighted by molar-refractivity contribution is 5.83. The molecule has 2 saturated heterocycles. The first kappa shape index (κ1) is 23.8. The van der Waals surface area contributed by atoms with Crippen LogP contribution >= 0.6 is 0 Å². The molecule has 0 aromatic heterocycles. The molecule has 2 aliphatic heterocycles. The second kappa shape index (κ2) is 8.96. The molecule has 1 aromatic rings. The van der Waals surface area contributed by atoms with Crippen LogP contribution in [0.1, 0.15) is 50.7 Å². The van der Waals surface area contributed by atoms with Crippen LogP contribution in [-0.4, -0.2) is 54.3 Å². The number of rotatable bonds is 5. The summed E-state index contributed by atoms with van der Waals surface area (Å²) in [6.07, 6.45) is -4.28. The molecule has 0 aliphatic carbocycles. The molecule has 6 nitrogen and oxygen atoms in total. The van der Waals surface area contributed by atoms with Crippen molar-refractivity contribution < 1.29 is 32.9 Å². The highest BCUT2D eigenvalue weighted by Gasteiger charge is 2.39. The van der Waals surface area contributed by atoms with Crippen LogP contribution in [-0.2, 0) is 15.7 Å². The van der Waals surface area contributed by atoms with Crippen LogP contribution in [0.15, 0.2) is 18.2 Å². The summed E-state index contributed by atoms with van der Waals surface area (Å²) in [5.41, 5.74) is -0.191. The number of ether oxygens (including phenoxy) is 1. The fourth-order valence-corrected chi connectivity index (χ4v) is 4.39. The van der Waals surface area contributed by atoms with E-state index in [1.807, 2.05) is 25.7 Å². The van der Waals surface area contributed by atoms with Gasteiger partial charge in [0.1, 0.15) is 0 Å². The SMILES string of the molecule is CC(C)(C)OC(O)C1CCN(c2cc(C(F)(F)F)ccc2[C@H]2CNC(=O)[C@@H]2CO)CC1. The molecule has 1 aromatic carbocycles. The van der Waals surface area contributed by atoms with Crippen molar-refractivity contribution in [2.75, 3.05) is 31.1 Å². The van der Waals surface area contributed by atoms with Crippen molar-refractivity contribution in [1.82, 2.24) is 5.32 Å². The lowest BCUT2D eigenvalue weighted by Crippen LogP contribution is -2.41. The summed E-state index contributed by atoms with van der Waals surface area (Å²) in [4.78, 5) is 13.9. The van der Waals surface area contributed by atoms with Crippen molar-refractivity contribution in [2.24, 2.45) is 11.8 Å². The smallest absolute Gasteiger partial charge is 0.396 e. The Morgan fingerprint density at radius 1 is 1.23 bits per heavy atom. The number of amides is 1. The number of halogens is 3. The number of carbonyl (C=O) groups is 1. The highest BCUT2D eigenvalue weighted by Crippen LogP contribution is 2.40. The van der Waals surface area contributed by atoms with Crippen LogP contribution in [0.3, 0.4) is 0 Å². The quantitative estimate of drug-likeness (QED) is 0.609. The van der Waals surface area contributed by atoms with Crippen molar-refractivity contribution >= 4 is 11.6 Å². The topological polar surface area (TPSA) is 82.0 Å². The number of hydrogen-bond acceptors (Lipinski definition) is 5. The van der Waals surface area contributed by atoms with Crippen LogP contribution < -0.4 is 10.2 Å². The summed E-state index contributed by atoms with van der Waals surface area (Å²) in [5.74, 6) is -1.48. The number of aliphatic hydroxyl groups is 2. The fraction of sp³-hybridized carbons (Fsp3) is 0.682. The summed E-state index contributed by atoms with van der Waals surface area (Å²) >= 11 is 0. The van der Waals surface area contributed by atoms with Gasteiger partial charge in [0.15, 0.2) is 6.29 Å². The number of carbonyl (C=O) groups excluding carboxylic acids is 1. The van der Waals surface area contributed by atoms with Gasteiger partial charge in [0.05, 0.1) is 23.7 Å². The molecule has 3 rings (SSSR count). The third kappa shape index (κ3) is 5.51. The highest BCUT2D eigenvalue weighted by atomic mass is 19.4. The predicted octanol–water partition coefficient (Wildman–Crippen LogP) is 2.88. The van der Waals surface area contributed by atoms with Crippen LogP contribution in [0.4, 0.5) is 18.9 Å². The number of anilines is 1. The van der Waals surface area contributed by atoms with Gasteiger partial charge < -0.3 is 25.2 Å². The Hall–Kier alpha value is -1.84. The van der Waals surface area contributed by atoms with Crippen molar-refractivity contribution in [3.63, 3.8) is 0 Å². The van der Waals surface area contributed by atoms with Crippen LogP contribution in [0.25, 0.3) is 0 Å². The molecule has 1 unspecified atom stereocenters. The summed E-state index contributed by atoms with van der Waals surface area (Å²) in [7, 11) is 0. The lowest BCUT2D eigenvalue weighted by atomic mass is 9.86. The van der Waals surface area contributed by atoms with E-state index in [2.05, 4.69) is 5.32 Å². The third-order valence-electron chi connectivity index (χ3n) is 6.03. The molecule has 3 N–H and O–H groups in total. The minimum absolute atomic E-state index is 0.107. The van der Waals surface area contributed by atoms with E-state index in [-0.39, 0.29) is 25.0 Å². The van der Waals surface area contributed by atoms with Gasteiger partial charge in [0, 0.05) is 37.2 Å². The molecule has 0 saturated carbocycles. The van der Waals surface area contributed by atoms with E-state index in [0.717, 1.165) is 12.1 Å². The van der Waals surface area contributed by atoms with Crippen molar-refractivity contribution in [3.05, 3.63) is 29.3 Å². The minimum atomic E-state index is -4.48. The largest absolute Gasteiger partial charge is 0.416 e. The summed E-state index contributed by atoms with van der Waals surface area (Å²) in [6.45, 7) is 6.40. The fourth-order valence-electron chi connectivity index (χ4n) is 4.39. The normalized spacial score (nSPS) is 24.4. The van der Waals surface area contributed by atoms with Gasteiger partial charge in [-0.3, -0.25) is 4.79 Å². The first-order valence-electron chi connectivity index (χ1n) is 10.6. The van der Waals surface area contributed by atoms with Crippen molar-refractivity contribution in [2.45, 2.75) is 57.6 Å². The van der Waals surface area contributed by atoms with Gasteiger partial charge in [-0.1, -0.05) is 6.07 Å². The maximum Gasteiger partial charge on any atom is 0.416 e. The van der Waals surface area contributed by atoms with Gasteiger partial charge in [0.2, 0.25) is 5.91 Å². The van der Waals surface area contributed by atoms with E-state index in [9.17, 15) is 28.2 Å². The van der Waals surface area contributed by atoms with E-state index >= 15 is 0 Å². The summed E-state index contributed by atoms with van der Waals surface area (Å²) in [5, 5.41) is 22.7. The lowest BCUT2D eigenvalue weighted by Gasteiger charge is -2.38. The standard InChI is InChI=1S/C22H31F3N2O4/c1-21(2,3)31-20(30)13-6-8-27(9-7-13)18-10-14(22(23,24)25)4-5-15(18)16-11-26-19(29)17(16)12-28/h4-5,10,13,16-17,20,28,30H,6-9,11-12H2,1-3H3,(H,26,29)/t16-,17-,20?/m1/s1. The molecule has 174 valence electrons. The van der Waals surface area contributed by atoms with Crippen LogP contribution in [0.5, 0.6) is 0 Å².